The number of likely N-dealkylation sites (tertiary alicyclic amines) is 1. The average molecular weight is 460 g/mol. The van der Waals surface area contributed by atoms with Gasteiger partial charge >= 0.3 is 6.18 Å². The molecule has 3 fully saturated rings. The molecular formula is C25H28F3N3O2. The highest BCUT2D eigenvalue weighted by Crippen LogP contribution is 2.40. The molecule has 5 rings (SSSR count). The zero-order valence-electron chi connectivity index (χ0n) is 18.3. The molecule has 2 aromatic carbocycles. The largest absolute Gasteiger partial charge is 0.416 e. The van der Waals surface area contributed by atoms with Crippen molar-refractivity contribution in [1.82, 2.24) is 14.7 Å². The third kappa shape index (κ3) is 4.52. The fourth-order valence-corrected chi connectivity index (χ4v) is 5.72. The molecule has 3 aliphatic rings. The van der Waals surface area contributed by atoms with E-state index in [1.807, 2.05) is 35.2 Å². The van der Waals surface area contributed by atoms with Crippen molar-refractivity contribution < 1.29 is 23.1 Å². The van der Waals surface area contributed by atoms with Crippen LogP contribution in [0.25, 0.3) is 0 Å². The molecule has 2 atom stereocenters. The highest BCUT2D eigenvalue weighted by molar-refractivity contribution is 5.79. The van der Waals surface area contributed by atoms with Gasteiger partial charge in [-0.15, -0.1) is 0 Å². The Hall–Kier alpha value is -2.42. The summed E-state index contributed by atoms with van der Waals surface area (Å²) >= 11 is 0. The summed E-state index contributed by atoms with van der Waals surface area (Å²) in [6, 6.07) is 15.2. The average Bonchev–Trinajstić information content (AvgIpc) is 3.13. The Labute approximate surface area is 191 Å². The van der Waals surface area contributed by atoms with Crippen LogP contribution >= 0.6 is 0 Å². The van der Waals surface area contributed by atoms with Crippen LogP contribution in [0, 0.1) is 0 Å². The fourth-order valence-electron chi connectivity index (χ4n) is 5.72. The number of nitrogens with zero attached hydrogens (tertiary/aromatic N) is 3. The number of alkyl halides is 3. The number of benzene rings is 2. The van der Waals surface area contributed by atoms with Gasteiger partial charge in [-0.3, -0.25) is 14.6 Å². The van der Waals surface area contributed by atoms with E-state index in [0.717, 1.165) is 36.3 Å². The zero-order valence-corrected chi connectivity index (χ0v) is 18.3. The highest BCUT2D eigenvalue weighted by atomic mass is 19.4. The number of piperazine rings is 1. The number of fused-ring (bicyclic) bond motifs is 2. The molecule has 2 unspecified atom stereocenters. The van der Waals surface area contributed by atoms with Crippen molar-refractivity contribution in [3.8, 4) is 0 Å². The molecule has 0 aromatic heterocycles. The molecule has 8 heteroatoms. The van der Waals surface area contributed by atoms with Crippen LogP contribution in [0.5, 0.6) is 0 Å². The fraction of sp³-hybridized carbons (Fsp3) is 0.480. The van der Waals surface area contributed by atoms with Crippen LogP contribution in [0.4, 0.5) is 13.2 Å². The lowest BCUT2D eigenvalue weighted by molar-refractivity contribution is -0.150. The second-order valence-electron chi connectivity index (χ2n) is 9.70. The van der Waals surface area contributed by atoms with Crippen molar-refractivity contribution in [3.63, 3.8) is 0 Å². The first-order valence-corrected chi connectivity index (χ1v) is 11.4. The summed E-state index contributed by atoms with van der Waals surface area (Å²) in [4.78, 5) is 19.6. The van der Waals surface area contributed by atoms with Gasteiger partial charge < -0.3 is 10.0 Å². The standard InChI is InChI=1S/C25H28F3N3O2/c26-25(27,28)20-8-6-19(7-9-20)12-29-15-24(16-29)17-30(13-21-11-22(32)14-31(21)24)23(33)10-18-4-2-1-3-5-18/h1-9,21-22,32H,10-17H2. The molecule has 0 aliphatic carbocycles. The van der Waals surface area contributed by atoms with Crippen LogP contribution in [-0.2, 0) is 23.9 Å². The Morgan fingerprint density at radius 3 is 2.33 bits per heavy atom. The maximum absolute atomic E-state index is 13.1. The van der Waals surface area contributed by atoms with E-state index in [-0.39, 0.29) is 23.6 Å². The quantitative estimate of drug-likeness (QED) is 0.764. The maximum atomic E-state index is 13.1. The normalized spacial score (nSPS) is 25.2. The van der Waals surface area contributed by atoms with Crippen molar-refractivity contribution in [2.24, 2.45) is 0 Å². The molecule has 1 N–H and O–H groups in total. The molecule has 33 heavy (non-hydrogen) atoms. The van der Waals surface area contributed by atoms with Gasteiger partial charge in [0.05, 0.1) is 23.6 Å². The Bertz CT molecular complexity index is 990. The number of β-amino-alcohol motifs (C(OH)–C–C–N with tert-alkyl or cyclic N) is 1. The monoisotopic (exact) mass is 459 g/mol. The molecule has 3 heterocycles. The van der Waals surface area contributed by atoms with Gasteiger partial charge in [-0.1, -0.05) is 42.5 Å². The first-order valence-electron chi connectivity index (χ1n) is 11.4. The number of carbonyl (C=O) groups is 1. The molecule has 0 saturated carbocycles. The topological polar surface area (TPSA) is 47.0 Å². The molecule has 3 saturated heterocycles. The van der Waals surface area contributed by atoms with Gasteiger partial charge in [-0.2, -0.15) is 13.2 Å². The summed E-state index contributed by atoms with van der Waals surface area (Å²) in [5, 5.41) is 10.3. The van der Waals surface area contributed by atoms with Gasteiger partial charge in [0, 0.05) is 45.3 Å². The molecule has 176 valence electrons. The van der Waals surface area contributed by atoms with Gasteiger partial charge in [0.2, 0.25) is 5.91 Å². The maximum Gasteiger partial charge on any atom is 0.416 e. The third-order valence-electron chi connectivity index (χ3n) is 7.19. The number of hydrogen-bond acceptors (Lipinski definition) is 4. The van der Waals surface area contributed by atoms with E-state index in [1.54, 1.807) is 0 Å². The minimum Gasteiger partial charge on any atom is -0.392 e. The number of carbonyl (C=O) groups excluding carboxylic acids is 1. The smallest absolute Gasteiger partial charge is 0.392 e. The molecule has 0 bridgehead atoms. The van der Waals surface area contributed by atoms with E-state index in [2.05, 4.69) is 9.80 Å². The lowest BCUT2D eigenvalue weighted by atomic mass is 9.83. The number of aliphatic hydroxyl groups excluding tert-OH is 1. The van der Waals surface area contributed by atoms with Crippen molar-refractivity contribution in [2.45, 2.75) is 43.2 Å². The van der Waals surface area contributed by atoms with Gasteiger partial charge in [-0.25, -0.2) is 0 Å². The van der Waals surface area contributed by atoms with E-state index in [4.69, 9.17) is 0 Å². The van der Waals surface area contributed by atoms with E-state index in [0.29, 0.717) is 39.0 Å². The molecule has 1 amide bonds. The van der Waals surface area contributed by atoms with Gasteiger partial charge in [0.1, 0.15) is 0 Å². The first-order chi connectivity index (χ1) is 15.7. The van der Waals surface area contributed by atoms with E-state index in [9.17, 15) is 23.1 Å². The SMILES string of the molecule is O=C(Cc1ccccc1)N1CC2CC(O)CN2C2(CN(Cc3ccc(C(F)(F)F)cc3)C2)C1. The van der Waals surface area contributed by atoms with Crippen LogP contribution < -0.4 is 0 Å². The lowest BCUT2D eigenvalue weighted by Gasteiger charge is -2.61. The molecular weight excluding hydrogens is 431 g/mol. The number of rotatable bonds is 4. The van der Waals surface area contributed by atoms with Crippen LogP contribution in [0.1, 0.15) is 23.1 Å². The lowest BCUT2D eigenvalue weighted by Crippen LogP contribution is -2.78. The summed E-state index contributed by atoms with van der Waals surface area (Å²) in [6.07, 6.45) is -3.69. The van der Waals surface area contributed by atoms with Crippen molar-refractivity contribution in [3.05, 3.63) is 71.3 Å². The van der Waals surface area contributed by atoms with Crippen molar-refractivity contribution in [2.75, 3.05) is 32.7 Å². The summed E-state index contributed by atoms with van der Waals surface area (Å²) in [5.74, 6) is 0.0998. The molecule has 2 aromatic rings. The predicted molar refractivity (Wildman–Crippen MR) is 117 cm³/mol. The highest BCUT2D eigenvalue weighted by Gasteiger charge is 2.56. The first kappa shape index (κ1) is 22.4. The predicted octanol–water partition coefficient (Wildman–Crippen LogP) is 2.78. The molecule has 5 nitrogen and oxygen atoms in total. The Morgan fingerprint density at radius 2 is 1.67 bits per heavy atom. The second-order valence-corrected chi connectivity index (χ2v) is 9.70. The molecule has 3 aliphatic heterocycles. The van der Waals surface area contributed by atoms with Crippen LogP contribution in [0.15, 0.2) is 54.6 Å². The summed E-state index contributed by atoms with van der Waals surface area (Å²) < 4.78 is 38.5. The number of hydrogen-bond donors (Lipinski definition) is 1. The molecule has 0 radical (unpaired) electrons. The number of halogens is 3. The Balaban J connectivity index is 1.26. The van der Waals surface area contributed by atoms with Crippen LogP contribution in [0.3, 0.4) is 0 Å². The van der Waals surface area contributed by atoms with Crippen molar-refractivity contribution in [1.29, 1.82) is 0 Å². The number of aliphatic hydroxyl groups is 1. The van der Waals surface area contributed by atoms with E-state index < -0.39 is 11.7 Å². The van der Waals surface area contributed by atoms with E-state index >= 15 is 0 Å². The van der Waals surface area contributed by atoms with Gasteiger partial charge in [0.15, 0.2) is 0 Å². The zero-order chi connectivity index (χ0) is 23.2. The third-order valence-corrected chi connectivity index (χ3v) is 7.19. The summed E-state index contributed by atoms with van der Waals surface area (Å²) in [5.41, 5.74) is 0.977. The summed E-state index contributed by atoms with van der Waals surface area (Å²) in [6.45, 7) is 3.88. The Kier molecular flexibility index (Phi) is 5.71. The van der Waals surface area contributed by atoms with Crippen LogP contribution in [0.2, 0.25) is 0 Å². The van der Waals surface area contributed by atoms with Crippen LogP contribution in [-0.4, -0.2) is 76.1 Å². The second kappa shape index (κ2) is 8.42. The van der Waals surface area contributed by atoms with Gasteiger partial charge in [-0.05, 0) is 29.7 Å². The minimum atomic E-state index is -4.33. The number of amides is 1. The molecule has 1 spiro atoms. The van der Waals surface area contributed by atoms with Crippen molar-refractivity contribution >= 4 is 5.91 Å². The van der Waals surface area contributed by atoms with E-state index in [1.165, 1.54) is 12.1 Å². The van der Waals surface area contributed by atoms with Gasteiger partial charge in [0.25, 0.3) is 0 Å². The Morgan fingerprint density at radius 1 is 0.970 bits per heavy atom. The minimum absolute atomic E-state index is 0.0998. The summed E-state index contributed by atoms with van der Waals surface area (Å²) in [7, 11) is 0.